The third-order valence-corrected chi connectivity index (χ3v) is 4.93. The minimum atomic E-state index is 0.528. The van der Waals surface area contributed by atoms with Crippen LogP contribution in [0.25, 0.3) is 0 Å². The highest BCUT2D eigenvalue weighted by atomic mass is 32.1. The second-order valence-electron chi connectivity index (χ2n) is 6.29. The summed E-state index contributed by atoms with van der Waals surface area (Å²) in [5, 5.41) is 11.7. The van der Waals surface area contributed by atoms with Crippen LogP contribution in [0, 0.1) is 10.7 Å². The maximum absolute atomic E-state index is 5.35. The SMILES string of the molecule is COc1ccccc1/C=N\n1c(CCC2CCCCC2)n[nH]c1=S. The first kappa shape index (κ1) is 16.9. The molecule has 1 aromatic heterocycles. The fourth-order valence-corrected chi connectivity index (χ4v) is 3.51. The smallest absolute Gasteiger partial charge is 0.216 e. The van der Waals surface area contributed by atoms with Gasteiger partial charge in [0.2, 0.25) is 4.77 Å². The predicted molar refractivity (Wildman–Crippen MR) is 98.3 cm³/mol. The van der Waals surface area contributed by atoms with Gasteiger partial charge in [0.1, 0.15) is 5.75 Å². The third-order valence-electron chi connectivity index (χ3n) is 4.67. The molecule has 128 valence electrons. The van der Waals surface area contributed by atoms with Crippen LogP contribution in [-0.4, -0.2) is 28.2 Å². The monoisotopic (exact) mass is 344 g/mol. The van der Waals surface area contributed by atoms with Gasteiger partial charge in [-0.05, 0) is 36.7 Å². The topological polar surface area (TPSA) is 55.2 Å². The van der Waals surface area contributed by atoms with E-state index in [4.69, 9.17) is 17.0 Å². The molecule has 0 atom stereocenters. The molecule has 0 radical (unpaired) electrons. The van der Waals surface area contributed by atoms with Gasteiger partial charge in [-0.1, -0.05) is 44.2 Å². The zero-order valence-electron chi connectivity index (χ0n) is 14.1. The van der Waals surface area contributed by atoms with E-state index in [9.17, 15) is 0 Å². The molecular formula is C18H24N4OS. The zero-order valence-corrected chi connectivity index (χ0v) is 14.9. The molecule has 1 aliphatic carbocycles. The molecule has 24 heavy (non-hydrogen) atoms. The van der Waals surface area contributed by atoms with E-state index in [0.29, 0.717) is 4.77 Å². The number of ether oxygens (including phenoxy) is 1. The summed E-state index contributed by atoms with van der Waals surface area (Å²) < 4.78 is 7.61. The van der Waals surface area contributed by atoms with Gasteiger partial charge in [0.05, 0.1) is 13.3 Å². The van der Waals surface area contributed by atoms with Crippen molar-refractivity contribution in [1.82, 2.24) is 14.9 Å². The van der Waals surface area contributed by atoms with Gasteiger partial charge in [-0.15, -0.1) is 0 Å². The van der Waals surface area contributed by atoms with Crippen molar-refractivity contribution in [3.8, 4) is 5.75 Å². The summed E-state index contributed by atoms with van der Waals surface area (Å²) in [7, 11) is 1.66. The van der Waals surface area contributed by atoms with E-state index in [1.54, 1.807) is 18.0 Å². The van der Waals surface area contributed by atoms with Crippen LogP contribution in [0.1, 0.15) is 49.9 Å². The third kappa shape index (κ3) is 4.12. The standard InChI is InChI=1S/C18H24N4OS/c1-23-16-10-6-5-9-15(16)13-19-22-17(20-21-18(22)24)12-11-14-7-3-2-4-8-14/h5-6,9-10,13-14H,2-4,7-8,11-12H2,1H3,(H,21,24)/b19-13-. The molecule has 0 aliphatic heterocycles. The minimum absolute atomic E-state index is 0.528. The van der Waals surface area contributed by atoms with Gasteiger partial charge in [0.15, 0.2) is 5.82 Å². The Morgan fingerprint density at radius 3 is 2.92 bits per heavy atom. The number of hydrogen-bond donors (Lipinski definition) is 1. The van der Waals surface area contributed by atoms with Crippen LogP contribution in [-0.2, 0) is 6.42 Å². The fourth-order valence-electron chi connectivity index (χ4n) is 3.31. The Balaban J connectivity index is 1.72. The fraction of sp³-hybridized carbons (Fsp3) is 0.500. The molecule has 6 heteroatoms. The predicted octanol–water partition coefficient (Wildman–Crippen LogP) is 4.34. The van der Waals surface area contributed by atoms with Crippen LogP contribution in [0.5, 0.6) is 5.75 Å². The number of hydrogen-bond acceptors (Lipinski definition) is 4. The van der Waals surface area contributed by atoms with Gasteiger partial charge in [0.25, 0.3) is 0 Å². The Morgan fingerprint density at radius 2 is 2.12 bits per heavy atom. The van der Waals surface area contributed by atoms with E-state index in [2.05, 4.69) is 15.3 Å². The van der Waals surface area contributed by atoms with Crippen molar-refractivity contribution in [2.75, 3.05) is 7.11 Å². The minimum Gasteiger partial charge on any atom is -0.496 e. The van der Waals surface area contributed by atoms with Crippen molar-refractivity contribution in [3.63, 3.8) is 0 Å². The molecule has 2 aromatic rings. The van der Waals surface area contributed by atoms with Crippen LogP contribution in [0.4, 0.5) is 0 Å². The molecule has 3 rings (SSSR count). The number of aromatic amines is 1. The van der Waals surface area contributed by atoms with E-state index >= 15 is 0 Å². The molecule has 1 heterocycles. The van der Waals surface area contributed by atoms with Crippen LogP contribution >= 0.6 is 12.2 Å². The molecule has 0 unspecified atom stereocenters. The number of nitrogens with one attached hydrogen (secondary N) is 1. The molecule has 0 saturated heterocycles. The Kier molecular flexibility index (Phi) is 5.80. The second kappa shape index (κ2) is 8.24. The Morgan fingerprint density at radius 1 is 1.33 bits per heavy atom. The van der Waals surface area contributed by atoms with E-state index in [1.807, 2.05) is 24.3 Å². The average molecular weight is 344 g/mol. The molecule has 1 N–H and O–H groups in total. The largest absolute Gasteiger partial charge is 0.496 e. The lowest BCUT2D eigenvalue weighted by molar-refractivity contribution is 0.336. The summed E-state index contributed by atoms with van der Waals surface area (Å²) in [5.74, 6) is 2.51. The number of methoxy groups -OCH3 is 1. The lowest BCUT2D eigenvalue weighted by Gasteiger charge is -2.20. The summed E-state index contributed by atoms with van der Waals surface area (Å²) >= 11 is 5.32. The number of aromatic nitrogens is 3. The molecule has 0 amide bonds. The highest BCUT2D eigenvalue weighted by Crippen LogP contribution is 2.27. The Bertz CT molecular complexity index is 743. The van der Waals surface area contributed by atoms with Crippen molar-refractivity contribution in [2.24, 2.45) is 11.0 Å². The van der Waals surface area contributed by atoms with Crippen molar-refractivity contribution >= 4 is 18.4 Å². The highest BCUT2D eigenvalue weighted by molar-refractivity contribution is 7.71. The first-order valence-electron chi connectivity index (χ1n) is 8.61. The lowest BCUT2D eigenvalue weighted by Crippen LogP contribution is -2.09. The van der Waals surface area contributed by atoms with Gasteiger partial charge in [-0.2, -0.15) is 14.9 Å². The summed E-state index contributed by atoms with van der Waals surface area (Å²) in [5.41, 5.74) is 0.918. The normalized spacial score (nSPS) is 15.9. The van der Waals surface area contributed by atoms with E-state index < -0.39 is 0 Å². The molecular weight excluding hydrogens is 320 g/mol. The van der Waals surface area contributed by atoms with Crippen LogP contribution in [0.3, 0.4) is 0 Å². The van der Waals surface area contributed by atoms with Gasteiger partial charge >= 0.3 is 0 Å². The Hall–Kier alpha value is -1.95. The number of rotatable bonds is 6. The molecule has 1 saturated carbocycles. The summed E-state index contributed by atoms with van der Waals surface area (Å²) in [6.07, 6.45) is 10.6. The van der Waals surface area contributed by atoms with E-state index in [0.717, 1.165) is 35.9 Å². The maximum Gasteiger partial charge on any atom is 0.216 e. The molecule has 1 fully saturated rings. The van der Waals surface area contributed by atoms with Crippen molar-refractivity contribution in [2.45, 2.75) is 44.9 Å². The summed E-state index contributed by atoms with van der Waals surface area (Å²) in [6.45, 7) is 0. The number of nitrogens with zero attached hydrogens (tertiary/aromatic N) is 3. The van der Waals surface area contributed by atoms with Crippen molar-refractivity contribution in [3.05, 3.63) is 40.4 Å². The summed E-state index contributed by atoms with van der Waals surface area (Å²) in [4.78, 5) is 0. The molecule has 5 nitrogen and oxygen atoms in total. The molecule has 0 bridgehead atoms. The van der Waals surface area contributed by atoms with Crippen molar-refractivity contribution in [1.29, 1.82) is 0 Å². The first-order chi connectivity index (χ1) is 11.8. The van der Waals surface area contributed by atoms with E-state index in [-0.39, 0.29) is 0 Å². The van der Waals surface area contributed by atoms with Gasteiger partial charge in [-0.3, -0.25) is 5.10 Å². The van der Waals surface area contributed by atoms with Gasteiger partial charge in [0, 0.05) is 12.0 Å². The van der Waals surface area contributed by atoms with Crippen molar-refractivity contribution < 1.29 is 4.74 Å². The number of aryl methyl sites for hydroxylation is 1. The quantitative estimate of drug-likeness (QED) is 0.626. The summed E-state index contributed by atoms with van der Waals surface area (Å²) in [6, 6.07) is 7.78. The number of benzene rings is 1. The molecule has 1 aromatic carbocycles. The number of H-pyrrole nitrogens is 1. The second-order valence-corrected chi connectivity index (χ2v) is 6.67. The van der Waals surface area contributed by atoms with Crippen LogP contribution < -0.4 is 4.74 Å². The molecule has 1 aliphatic rings. The first-order valence-corrected chi connectivity index (χ1v) is 9.02. The van der Waals surface area contributed by atoms with Gasteiger partial charge in [-0.25, -0.2) is 0 Å². The van der Waals surface area contributed by atoms with Crippen LogP contribution in [0.15, 0.2) is 29.4 Å². The maximum atomic E-state index is 5.35. The average Bonchev–Trinajstić information content (AvgIpc) is 2.99. The van der Waals surface area contributed by atoms with E-state index in [1.165, 1.54) is 32.1 Å². The lowest BCUT2D eigenvalue weighted by atomic mass is 9.86. The Labute approximate surface area is 147 Å². The number of para-hydroxylation sites is 1. The zero-order chi connectivity index (χ0) is 16.8. The van der Waals surface area contributed by atoms with Crippen LogP contribution in [0.2, 0.25) is 0 Å². The van der Waals surface area contributed by atoms with Gasteiger partial charge < -0.3 is 4.74 Å². The highest BCUT2D eigenvalue weighted by Gasteiger charge is 2.15. The molecule has 0 spiro atoms.